The number of H-pyrrole nitrogens is 1. The minimum atomic E-state index is -0.778. The number of aromatic nitrogens is 4. The summed E-state index contributed by atoms with van der Waals surface area (Å²) in [6.07, 6.45) is 7.72. The SMILES string of the molecule is Cc1c(O)cccc1C1(c2nc(N3CCOCC3)c3[nH]cnc3n2)C=CC(NC(N)=O)=CC1. The first kappa shape index (κ1) is 21.0. The highest BCUT2D eigenvalue weighted by molar-refractivity contribution is 5.83. The monoisotopic (exact) mass is 447 g/mol. The van der Waals surface area contributed by atoms with E-state index in [1.54, 1.807) is 18.5 Å². The number of nitrogens with one attached hydrogen (secondary N) is 2. The van der Waals surface area contributed by atoms with Gasteiger partial charge in [-0.15, -0.1) is 0 Å². The van der Waals surface area contributed by atoms with Gasteiger partial charge in [0.25, 0.3) is 0 Å². The van der Waals surface area contributed by atoms with Crippen molar-refractivity contribution in [3.63, 3.8) is 0 Å². The molecule has 3 heterocycles. The summed E-state index contributed by atoms with van der Waals surface area (Å²) in [6.45, 7) is 4.54. The van der Waals surface area contributed by atoms with Crippen molar-refractivity contribution in [2.45, 2.75) is 18.8 Å². The van der Waals surface area contributed by atoms with Crippen LogP contribution in [0.1, 0.15) is 23.4 Å². The molecule has 1 unspecified atom stereocenters. The Morgan fingerprint density at radius 1 is 1.30 bits per heavy atom. The normalized spacial score (nSPS) is 20.6. The van der Waals surface area contributed by atoms with E-state index in [1.165, 1.54) is 0 Å². The van der Waals surface area contributed by atoms with Crippen molar-refractivity contribution >= 4 is 23.0 Å². The van der Waals surface area contributed by atoms with Crippen LogP contribution < -0.4 is 16.0 Å². The number of hydrogen-bond acceptors (Lipinski definition) is 7. The highest BCUT2D eigenvalue weighted by Gasteiger charge is 2.39. The number of phenolic OH excluding ortho intramolecular Hbond substituents is 1. The zero-order valence-electron chi connectivity index (χ0n) is 18.2. The molecule has 1 aliphatic carbocycles. The smallest absolute Gasteiger partial charge is 0.316 e. The number of phenols is 1. The number of aromatic hydroxyl groups is 1. The second kappa shape index (κ2) is 8.21. The van der Waals surface area contributed by atoms with Crippen molar-refractivity contribution in [3.8, 4) is 5.75 Å². The zero-order chi connectivity index (χ0) is 23.0. The molecule has 33 heavy (non-hydrogen) atoms. The lowest BCUT2D eigenvalue weighted by Gasteiger charge is -2.34. The van der Waals surface area contributed by atoms with Gasteiger partial charge in [-0.3, -0.25) is 0 Å². The molecule has 1 saturated heterocycles. The van der Waals surface area contributed by atoms with E-state index in [0.29, 0.717) is 49.9 Å². The molecule has 1 fully saturated rings. The Kier molecular flexibility index (Phi) is 5.21. The fraction of sp³-hybridized carbons (Fsp3) is 0.304. The molecule has 2 amide bonds. The highest BCUT2D eigenvalue weighted by Crippen LogP contribution is 2.43. The van der Waals surface area contributed by atoms with Gasteiger partial charge < -0.3 is 30.8 Å². The molecule has 0 spiro atoms. The largest absolute Gasteiger partial charge is 0.508 e. The second-order valence-electron chi connectivity index (χ2n) is 8.18. The fourth-order valence-corrected chi connectivity index (χ4v) is 4.49. The van der Waals surface area contributed by atoms with Crippen LogP contribution >= 0.6 is 0 Å². The average molecular weight is 447 g/mol. The number of anilines is 1. The fourth-order valence-electron chi connectivity index (χ4n) is 4.49. The van der Waals surface area contributed by atoms with E-state index in [4.69, 9.17) is 20.4 Å². The molecule has 2 aromatic heterocycles. The lowest BCUT2D eigenvalue weighted by Crippen LogP contribution is -2.38. The molecule has 170 valence electrons. The summed E-state index contributed by atoms with van der Waals surface area (Å²) >= 11 is 0. The number of carbonyl (C=O) groups excluding carboxylic acids is 1. The predicted octanol–water partition coefficient (Wildman–Crippen LogP) is 2.00. The number of benzene rings is 1. The van der Waals surface area contributed by atoms with Crippen LogP contribution in [0.3, 0.4) is 0 Å². The Bertz CT molecular complexity index is 1280. The number of primary amides is 1. The van der Waals surface area contributed by atoms with Gasteiger partial charge in [-0.1, -0.05) is 24.3 Å². The van der Waals surface area contributed by atoms with Gasteiger partial charge in [0.05, 0.1) is 25.0 Å². The van der Waals surface area contributed by atoms with Crippen molar-refractivity contribution in [2.75, 3.05) is 31.2 Å². The van der Waals surface area contributed by atoms with Crippen molar-refractivity contribution in [3.05, 3.63) is 65.4 Å². The van der Waals surface area contributed by atoms with E-state index in [9.17, 15) is 9.90 Å². The first-order valence-corrected chi connectivity index (χ1v) is 10.8. The maximum absolute atomic E-state index is 11.4. The molecule has 0 radical (unpaired) electrons. The number of nitrogens with zero attached hydrogens (tertiary/aromatic N) is 4. The van der Waals surface area contributed by atoms with E-state index in [0.717, 1.165) is 22.5 Å². The lowest BCUT2D eigenvalue weighted by molar-refractivity contribution is 0.122. The number of rotatable bonds is 4. The van der Waals surface area contributed by atoms with Gasteiger partial charge in [-0.05, 0) is 36.6 Å². The van der Waals surface area contributed by atoms with Gasteiger partial charge >= 0.3 is 6.03 Å². The van der Waals surface area contributed by atoms with Crippen LogP contribution in [0.4, 0.5) is 10.6 Å². The van der Waals surface area contributed by atoms with Crippen LogP contribution in [0.15, 0.2) is 48.5 Å². The van der Waals surface area contributed by atoms with E-state index < -0.39 is 11.4 Å². The Hall–Kier alpha value is -3.92. The number of allylic oxidation sites excluding steroid dienone is 3. The van der Waals surface area contributed by atoms with Gasteiger partial charge in [0.15, 0.2) is 11.5 Å². The highest BCUT2D eigenvalue weighted by atomic mass is 16.5. The van der Waals surface area contributed by atoms with Crippen molar-refractivity contribution in [1.29, 1.82) is 0 Å². The number of amides is 2. The van der Waals surface area contributed by atoms with Crippen LogP contribution in [0.5, 0.6) is 5.75 Å². The lowest BCUT2D eigenvalue weighted by atomic mass is 9.72. The number of carbonyl (C=O) groups is 1. The Labute approximate surface area is 190 Å². The van der Waals surface area contributed by atoms with Crippen LogP contribution in [-0.4, -0.2) is 57.4 Å². The topological polar surface area (TPSA) is 142 Å². The van der Waals surface area contributed by atoms with Gasteiger partial charge in [0, 0.05) is 18.8 Å². The number of urea groups is 1. The molecular formula is C23H25N7O3. The number of imidazole rings is 1. The third-order valence-corrected chi connectivity index (χ3v) is 6.22. The van der Waals surface area contributed by atoms with E-state index >= 15 is 0 Å². The second-order valence-corrected chi connectivity index (χ2v) is 8.18. The molecule has 3 aromatic rings. The third kappa shape index (κ3) is 3.68. The molecule has 10 heteroatoms. The first-order valence-electron chi connectivity index (χ1n) is 10.8. The van der Waals surface area contributed by atoms with E-state index in [-0.39, 0.29) is 5.75 Å². The minimum absolute atomic E-state index is 0.194. The Morgan fingerprint density at radius 2 is 2.12 bits per heavy atom. The molecule has 5 N–H and O–H groups in total. The van der Waals surface area contributed by atoms with Crippen molar-refractivity contribution in [1.82, 2.24) is 25.3 Å². The summed E-state index contributed by atoms with van der Waals surface area (Å²) in [5, 5.41) is 13.1. The van der Waals surface area contributed by atoms with Crippen molar-refractivity contribution in [2.24, 2.45) is 5.73 Å². The van der Waals surface area contributed by atoms with Gasteiger partial charge in [-0.2, -0.15) is 0 Å². The molecule has 0 saturated carbocycles. The maximum Gasteiger partial charge on any atom is 0.316 e. The van der Waals surface area contributed by atoms with Crippen molar-refractivity contribution < 1.29 is 14.6 Å². The number of ether oxygens (including phenoxy) is 1. The number of aromatic amines is 1. The molecule has 10 nitrogen and oxygen atoms in total. The van der Waals surface area contributed by atoms with Gasteiger partial charge in [-0.25, -0.2) is 19.7 Å². The summed E-state index contributed by atoms with van der Waals surface area (Å²) in [7, 11) is 0. The molecule has 0 bridgehead atoms. The number of nitrogens with two attached hydrogens (primary N) is 1. The van der Waals surface area contributed by atoms with Gasteiger partial charge in [0.1, 0.15) is 17.1 Å². The van der Waals surface area contributed by atoms with Crippen LogP contribution in [0.25, 0.3) is 11.2 Å². The average Bonchev–Trinajstić information content (AvgIpc) is 3.30. The summed E-state index contributed by atoms with van der Waals surface area (Å²) < 4.78 is 5.52. The standard InChI is InChI=1S/C23H25N7O3/c1-14-16(3-2-4-17(14)31)23(7-5-15(6-8-23)27-22(24)32)21-28-19-18(25-13-26-19)20(29-21)30-9-11-33-12-10-30/h2-7,13,31H,8-12H2,1H3,(H3,24,27,32)(H,25,26,28,29). The Balaban J connectivity index is 1.70. The third-order valence-electron chi connectivity index (χ3n) is 6.22. The summed E-state index contributed by atoms with van der Waals surface area (Å²) in [5.74, 6) is 1.52. The molecular weight excluding hydrogens is 422 g/mol. The zero-order valence-corrected chi connectivity index (χ0v) is 18.2. The van der Waals surface area contributed by atoms with Crippen LogP contribution in [0.2, 0.25) is 0 Å². The first-order chi connectivity index (χ1) is 16.0. The number of fused-ring (bicyclic) bond motifs is 1. The molecule has 1 aromatic carbocycles. The van der Waals surface area contributed by atoms with Crippen LogP contribution in [-0.2, 0) is 10.2 Å². The van der Waals surface area contributed by atoms with E-state index in [2.05, 4.69) is 20.2 Å². The maximum atomic E-state index is 11.4. The number of morpholine rings is 1. The van der Waals surface area contributed by atoms with Crippen LogP contribution in [0, 0.1) is 6.92 Å². The quantitative estimate of drug-likeness (QED) is 0.479. The Morgan fingerprint density at radius 3 is 2.85 bits per heavy atom. The molecule has 1 aliphatic heterocycles. The summed E-state index contributed by atoms with van der Waals surface area (Å²) in [4.78, 5) is 31.0. The van der Waals surface area contributed by atoms with Gasteiger partial charge in [0.2, 0.25) is 0 Å². The molecule has 5 rings (SSSR count). The summed E-state index contributed by atoms with van der Waals surface area (Å²) in [5.41, 5.74) is 8.07. The predicted molar refractivity (Wildman–Crippen MR) is 123 cm³/mol. The minimum Gasteiger partial charge on any atom is -0.508 e. The molecule has 2 aliphatic rings. The van der Waals surface area contributed by atoms with E-state index in [1.807, 2.05) is 31.2 Å². The molecule has 1 atom stereocenters. The summed E-state index contributed by atoms with van der Waals surface area (Å²) in [6, 6.07) is 4.80. The number of hydrogen-bond donors (Lipinski definition) is 4.